The first kappa shape index (κ1) is 13.1. The standard InChI is InChI=1S/C11H15N3O3/c1-8(12)6-11(15)13-7-9-2-4-10(5-3-9)14(16)17/h2-5,8H,6-7,12H2,1H3,(H,13,15). The zero-order valence-corrected chi connectivity index (χ0v) is 9.55. The van der Waals surface area contributed by atoms with Gasteiger partial charge in [-0.25, -0.2) is 0 Å². The minimum atomic E-state index is -0.460. The van der Waals surface area contributed by atoms with Crippen LogP contribution in [0.5, 0.6) is 0 Å². The van der Waals surface area contributed by atoms with Crippen LogP contribution in [0.3, 0.4) is 0 Å². The van der Waals surface area contributed by atoms with Crippen molar-refractivity contribution in [2.45, 2.75) is 25.9 Å². The molecule has 0 aromatic heterocycles. The van der Waals surface area contributed by atoms with Gasteiger partial charge in [0.05, 0.1) is 4.92 Å². The summed E-state index contributed by atoms with van der Waals surface area (Å²) >= 11 is 0. The second-order valence-electron chi connectivity index (χ2n) is 3.88. The third-order valence-electron chi connectivity index (χ3n) is 2.14. The third-order valence-corrected chi connectivity index (χ3v) is 2.14. The fraction of sp³-hybridized carbons (Fsp3) is 0.364. The largest absolute Gasteiger partial charge is 0.352 e. The van der Waals surface area contributed by atoms with Gasteiger partial charge in [0.2, 0.25) is 5.91 Å². The van der Waals surface area contributed by atoms with Gasteiger partial charge in [-0.15, -0.1) is 0 Å². The second kappa shape index (κ2) is 5.95. The zero-order chi connectivity index (χ0) is 12.8. The maximum Gasteiger partial charge on any atom is 0.269 e. The van der Waals surface area contributed by atoms with Crippen LogP contribution < -0.4 is 11.1 Å². The van der Waals surface area contributed by atoms with Gasteiger partial charge in [0.15, 0.2) is 0 Å². The number of nitrogens with zero attached hydrogens (tertiary/aromatic N) is 1. The number of hydrogen-bond acceptors (Lipinski definition) is 4. The lowest BCUT2D eigenvalue weighted by Gasteiger charge is -2.07. The molecule has 0 aliphatic carbocycles. The number of amides is 1. The number of carbonyl (C=O) groups is 1. The van der Waals surface area contributed by atoms with Crippen molar-refractivity contribution < 1.29 is 9.72 Å². The number of nitro benzene ring substituents is 1. The maximum atomic E-state index is 11.3. The predicted octanol–water partition coefficient (Wildman–Crippen LogP) is 0.948. The molecule has 1 rings (SSSR count). The molecular weight excluding hydrogens is 222 g/mol. The van der Waals surface area contributed by atoms with Crippen molar-refractivity contribution in [3.05, 3.63) is 39.9 Å². The van der Waals surface area contributed by atoms with E-state index in [0.29, 0.717) is 6.54 Å². The molecule has 1 atom stereocenters. The van der Waals surface area contributed by atoms with Crippen LogP contribution in [-0.4, -0.2) is 16.9 Å². The van der Waals surface area contributed by atoms with Crippen LogP contribution in [-0.2, 0) is 11.3 Å². The van der Waals surface area contributed by atoms with Gasteiger partial charge in [-0.1, -0.05) is 12.1 Å². The van der Waals surface area contributed by atoms with E-state index < -0.39 is 4.92 Å². The molecule has 0 fully saturated rings. The number of non-ortho nitro benzene ring substituents is 1. The quantitative estimate of drug-likeness (QED) is 0.588. The normalized spacial score (nSPS) is 11.9. The Bertz CT molecular complexity index is 401. The number of nitrogens with two attached hydrogens (primary N) is 1. The number of nitrogens with one attached hydrogen (secondary N) is 1. The first-order valence-corrected chi connectivity index (χ1v) is 5.24. The average molecular weight is 237 g/mol. The van der Waals surface area contributed by atoms with Crippen LogP contribution >= 0.6 is 0 Å². The fourth-order valence-electron chi connectivity index (χ4n) is 1.30. The highest BCUT2D eigenvalue weighted by Gasteiger charge is 2.06. The summed E-state index contributed by atoms with van der Waals surface area (Å²) in [5, 5.41) is 13.1. The van der Waals surface area contributed by atoms with Crippen molar-refractivity contribution >= 4 is 11.6 Å². The van der Waals surface area contributed by atoms with E-state index in [0.717, 1.165) is 5.56 Å². The molecule has 6 heteroatoms. The molecule has 1 aromatic rings. The molecule has 0 saturated heterocycles. The predicted molar refractivity (Wildman–Crippen MR) is 63.2 cm³/mol. The molecule has 0 heterocycles. The Balaban J connectivity index is 2.47. The summed E-state index contributed by atoms with van der Waals surface area (Å²) in [7, 11) is 0. The highest BCUT2D eigenvalue weighted by Crippen LogP contribution is 2.11. The van der Waals surface area contributed by atoms with Crippen molar-refractivity contribution in [2.75, 3.05) is 0 Å². The molecule has 6 nitrogen and oxygen atoms in total. The molecule has 92 valence electrons. The maximum absolute atomic E-state index is 11.3. The average Bonchev–Trinajstić information content (AvgIpc) is 2.26. The molecule has 3 N–H and O–H groups in total. The smallest absolute Gasteiger partial charge is 0.269 e. The number of hydrogen-bond donors (Lipinski definition) is 2. The minimum Gasteiger partial charge on any atom is -0.352 e. The van der Waals surface area contributed by atoms with Gasteiger partial charge < -0.3 is 11.1 Å². The molecule has 0 aliphatic rings. The Labute approximate surface area is 99.0 Å². The Morgan fingerprint density at radius 1 is 1.47 bits per heavy atom. The Hall–Kier alpha value is -1.95. The lowest BCUT2D eigenvalue weighted by atomic mass is 10.2. The summed E-state index contributed by atoms with van der Waals surface area (Å²) in [6.07, 6.45) is 0.271. The zero-order valence-electron chi connectivity index (χ0n) is 9.55. The second-order valence-corrected chi connectivity index (χ2v) is 3.88. The summed E-state index contributed by atoms with van der Waals surface area (Å²) in [5.74, 6) is -0.127. The summed E-state index contributed by atoms with van der Waals surface area (Å²) in [6, 6.07) is 5.88. The van der Waals surface area contributed by atoms with E-state index in [1.165, 1.54) is 12.1 Å². The molecule has 1 unspecified atom stereocenters. The SMILES string of the molecule is CC(N)CC(=O)NCc1ccc([N+](=O)[O-])cc1. The van der Waals surface area contributed by atoms with Crippen molar-refractivity contribution in [3.63, 3.8) is 0 Å². The van der Waals surface area contributed by atoms with Gasteiger partial charge in [0.1, 0.15) is 0 Å². The highest BCUT2D eigenvalue weighted by atomic mass is 16.6. The molecule has 17 heavy (non-hydrogen) atoms. The number of rotatable bonds is 5. The Morgan fingerprint density at radius 3 is 2.53 bits per heavy atom. The summed E-state index contributed by atoms with van der Waals surface area (Å²) in [4.78, 5) is 21.3. The van der Waals surface area contributed by atoms with E-state index in [1.807, 2.05) is 0 Å². The van der Waals surface area contributed by atoms with E-state index in [4.69, 9.17) is 5.73 Å². The van der Waals surface area contributed by atoms with Crippen molar-refractivity contribution in [2.24, 2.45) is 5.73 Å². The Morgan fingerprint density at radius 2 is 2.06 bits per heavy atom. The van der Waals surface area contributed by atoms with Gasteiger partial charge in [0, 0.05) is 31.1 Å². The first-order valence-electron chi connectivity index (χ1n) is 5.24. The molecule has 1 aromatic carbocycles. The van der Waals surface area contributed by atoms with Crippen LogP contribution in [0.15, 0.2) is 24.3 Å². The first-order chi connectivity index (χ1) is 7.99. The van der Waals surface area contributed by atoms with Crippen LogP contribution in [0.4, 0.5) is 5.69 Å². The number of nitro groups is 1. The summed E-state index contributed by atoms with van der Waals surface area (Å²) in [5.41, 5.74) is 6.33. The van der Waals surface area contributed by atoms with E-state index >= 15 is 0 Å². The molecule has 0 spiro atoms. The molecule has 0 saturated carbocycles. The van der Waals surface area contributed by atoms with Gasteiger partial charge in [-0.3, -0.25) is 14.9 Å². The molecule has 1 amide bonds. The van der Waals surface area contributed by atoms with E-state index in [2.05, 4.69) is 5.32 Å². The fourth-order valence-corrected chi connectivity index (χ4v) is 1.30. The van der Waals surface area contributed by atoms with Gasteiger partial charge >= 0.3 is 0 Å². The summed E-state index contributed by atoms with van der Waals surface area (Å²) in [6.45, 7) is 2.11. The molecular formula is C11H15N3O3. The third kappa shape index (κ3) is 4.60. The van der Waals surface area contributed by atoms with Crippen LogP contribution in [0.25, 0.3) is 0 Å². The number of carbonyl (C=O) groups excluding carboxylic acids is 1. The lowest BCUT2D eigenvalue weighted by molar-refractivity contribution is -0.384. The van der Waals surface area contributed by atoms with E-state index in [9.17, 15) is 14.9 Å². The highest BCUT2D eigenvalue weighted by molar-refractivity contribution is 5.76. The lowest BCUT2D eigenvalue weighted by Crippen LogP contribution is -2.29. The van der Waals surface area contributed by atoms with Crippen LogP contribution in [0.2, 0.25) is 0 Å². The number of benzene rings is 1. The van der Waals surface area contributed by atoms with Crippen molar-refractivity contribution in [3.8, 4) is 0 Å². The van der Waals surface area contributed by atoms with E-state index in [-0.39, 0.29) is 24.1 Å². The van der Waals surface area contributed by atoms with Crippen LogP contribution in [0.1, 0.15) is 18.9 Å². The van der Waals surface area contributed by atoms with Crippen LogP contribution in [0, 0.1) is 10.1 Å². The van der Waals surface area contributed by atoms with Gasteiger partial charge in [-0.2, -0.15) is 0 Å². The van der Waals surface area contributed by atoms with Crippen molar-refractivity contribution in [1.82, 2.24) is 5.32 Å². The van der Waals surface area contributed by atoms with Crippen molar-refractivity contribution in [1.29, 1.82) is 0 Å². The molecule has 0 radical (unpaired) electrons. The molecule has 0 bridgehead atoms. The van der Waals surface area contributed by atoms with E-state index in [1.54, 1.807) is 19.1 Å². The molecule has 0 aliphatic heterocycles. The monoisotopic (exact) mass is 237 g/mol. The Kier molecular flexibility index (Phi) is 4.59. The van der Waals surface area contributed by atoms with Gasteiger partial charge in [-0.05, 0) is 12.5 Å². The summed E-state index contributed by atoms with van der Waals surface area (Å²) < 4.78 is 0. The van der Waals surface area contributed by atoms with Gasteiger partial charge in [0.25, 0.3) is 5.69 Å². The topological polar surface area (TPSA) is 98.3 Å². The minimum absolute atomic E-state index is 0.0376.